The summed E-state index contributed by atoms with van der Waals surface area (Å²) in [6.07, 6.45) is 0. The van der Waals surface area contributed by atoms with Gasteiger partial charge in [0.15, 0.2) is 23.3 Å². The molecular formula is C14H11AlF4O2. The average Bonchev–Trinajstić information content (AvgIpc) is 2.47. The Morgan fingerprint density at radius 1 is 0.810 bits per heavy atom. The van der Waals surface area contributed by atoms with Crippen molar-refractivity contribution in [3.05, 3.63) is 59.7 Å². The minimum absolute atomic E-state index is 0.301. The van der Waals surface area contributed by atoms with Gasteiger partial charge in [-0.2, -0.15) is 8.78 Å². The second-order valence-electron chi connectivity index (χ2n) is 4.18. The van der Waals surface area contributed by atoms with Crippen molar-refractivity contribution in [2.45, 2.75) is 12.2 Å². The standard InChI is InChI=1S/2C6H4F2O.C2H5.Al/c2*7-4-2-1-3-5(9)6(4)8;1-2;/h2*1-3,9H;1H2,2H3;/q;;;+2/p-2. The first-order valence-corrected chi connectivity index (χ1v) is 8.00. The second kappa shape index (κ2) is 6.83. The van der Waals surface area contributed by atoms with E-state index < -0.39 is 38.1 Å². The summed E-state index contributed by atoms with van der Waals surface area (Å²) in [6, 6.07) is 6.99. The van der Waals surface area contributed by atoms with Crippen molar-refractivity contribution < 1.29 is 25.1 Å². The Morgan fingerprint density at radius 2 is 1.24 bits per heavy atom. The van der Waals surface area contributed by atoms with E-state index in [9.17, 15) is 17.6 Å². The third kappa shape index (κ3) is 3.69. The van der Waals surface area contributed by atoms with Crippen LogP contribution in [0, 0.1) is 23.3 Å². The van der Waals surface area contributed by atoms with E-state index in [2.05, 4.69) is 0 Å². The second-order valence-corrected chi connectivity index (χ2v) is 6.32. The van der Waals surface area contributed by atoms with Gasteiger partial charge in [0.2, 0.25) is 0 Å². The van der Waals surface area contributed by atoms with E-state index in [0.29, 0.717) is 5.28 Å². The molecule has 0 unspecified atom stereocenters. The van der Waals surface area contributed by atoms with E-state index in [-0.39, 0.29) is 11.5 Å². The van der Waals surface area contributed by atoms with E-state index in [1.165, 1.54) is 24.3 Å². The van der Waals surface area contributed by atoms with Gasteiger partial charge in [-0.25, -0.2) is 8.78 Å². The molecule has 110 valence electrons. The van der Waals surface area contributed by atoms with Gasteiger partial charge in [0.25, 0.3) is 0 Å². The average molecular weight is 314 g/mol. The smallest absolute Gasteiger partial charge is 0.610 e. The van der Waals surface area contributed by atoms with Gasteiger partial charge in [-0.15, -0.1) is 0 Å². The highest BCUT2D eigenvalue weighted by Crippen LogP contribution is 2.24. The van der Waals surface area contributed by atoms with Crippen molar-refractivity contribution in [2.24, 2.45) is 0 Å². The Morgan fingerprint density at radius 3 is 1.62 bits per heavy atom. The highest BCUT2D eigenvalue weighted by atomic mass is 27.2. The Hall–Kier alpha value is -1.71. The first-order chi connectivity index (χ1) is 10.0. The van der Waals surface area contributed by atoms with Crippen molar-refractivity contribution in [1.29, 1.82) is 0 Å². The number of halogens is 4. The molecule has 21 heavy (non-hydrogen) atoms. The molecule has 2 aromatic rings. The molecule has 0 radical (unpaired) electrons. The lowest BCUT2D eigenvalue weighted by molar-refractivity contribution is 0.376. The van der Waals surface area contributed by atoms with E-state index >= 15 is 0 Å². The number of hydrogen-bond acceptors (Lipinski definition) is 2. The fourth-order valence-corrected chi connectivity index (χ4v) is 2.94. The fourth-order valence-electron chi connectivity index (χ4n) is 1.62. The molecule has 0 atom stereocenters. The molecule has 0 aliphatic carbocycles. The van der Waals surface area contributed by atoms with Crippen LogP contribution in [0.3, 0.4) is 0 Å². The summed E-state index contributed by atoms with van der Waals surface area (Å²) in [4.78, 5) is 0. The SMILES string of the molecule is C[CH2][Al]([O]c1cccc(F)c1F)[O]c1cccc(F)c1F. The van der Waals surface area contributed by atoms with Crippen molar-refractivity contribution in [3.63, 3.8) is 0 Å². The summed E-state index contributed by atoms with van der Waals surface area (Å²) in [5, 5.41) is 0.353. The zero-order valence-electron chi connectivity index (χ0n) is 11.1. The third-order valence-corrected chi connectivity index (χ3v) is 4.38. The first kappa shape index (κ1) is 15.7. The minimum Gasteiger partial charge on any atom is -0.610 e. The van der Waals surface area contributed by atoms with Crippen LogP contribution in [0.2, 0.25) is 5.28 Å². The summed E-state index contributed by atoms with van der Waals surface area (Å²) in [6.45, 7) is 1.70. The fraction of sp³-hybridized carbons (Fsp3) is 0.143. The Balaban J connectivity index is 2.17. The largest absolute Gasteiger partial charge is 0.856 e. The van der Waals surface area contributed by atoms with Crippen molar-refractivity contribution in [3.8, 4) is 11.5 Å². The highest BCUT2D eigenvalue weighted by molar-refractivity contribution is 6.46. The van der Waals surface area contributed by atoms with E-state index in [4.69, 9.17) is 7.58 Å². The maximum absolute atomic E-state index is 13.5. The lowest BCUT2D eigenvalue weighted by Gasteiger charge is -2.16. The molecule has 2 rings (SSSR count). The molecule has 0 aliphatic heterocycles. The maximum atomic E-state index is 13.5. The summed E-state index contributed by atoms with van der Waals surface area (Å²) < 4.78 is 63.8. The summed E-state index contributed by atoms with van der Waals surface area (Å²) in [7, 11) is 0. The molecule has 0 amide bonds. The molecule has 7 heteroatoms. The lowest BCUT2D eigenvalue weighted by atomic mass is 10.3. The highest BCUT2D eigenvalue weighted by Gasteiger charge is 2.32. The molecule has 2 aromatic carbocycles. The van der Waals surface area contributed by atoms with Crippen LogP contribution in [0.25, 0.3) is 0 Å². The molecule has 0 heterocycles. The molecule has 0 fully saturated rings. The van der Waals surface area contributed by atoms with Crippen molar-refractivity contribution in [2.75, 3.05) is 0 Å². The van der Waals surface area contributed by atoms with E-state index in [0.717, 1.165) is 12.1 Å². The van der Waals surface area contributed by atoms with E-state index in [1.54, 1.807) is 6.92 Å². The van der Waals surface area contributed by atoms with Gasteiger partial charge >= 0.3 is 14.8 Å². The zero-order valence-corrected chi connectivity index (χ0v) is 12.2. The molecule has 0 aromatic heterocycles. The number of benzene rings is 2. The van der Waals surface area contributed by atoms with Crippen LogP contribution in [0.5, 0.6) is 11.5 Å². The molecule has 0 N–H and O–H groups in total. The van der Waals surface area contributed by atoms with Crippen LogP contribution in [-0.2, 0) is 0 Å². The number of rotatable bonds is 5. The van der Waals surface area contributed by atoms with Gasteiger partial charge in [-0.3, -0.25) is 0 Å². The van der Waals surface area contributed by atoms with Crippen LogP contribution in [0.4, 0.5) is 17.6 Å². The van der Waals surface area contributed by atoms with E-state index in [1.807, 2.05) is 0 Å². The molecule has 0 aliphatic rings. The van der Waals surface area contributed by atoms with Gasteiger partial charge in [-0.05, 0) is 29.5 Å². The van der Waals surface area contributed by atoms with Gasteiger partial charge < -0.3 is 7.58 Å². The Bertz CT molecular complexity index is 583. The summed E-state index contributed by atoms with van der Waals surface area (Å²) in [5.41, 5.74) is 0. The predicted octanol–water partition coefficient (Wildman–Crippen LogP) is 4.21. The monoisotopic (exact) mass is 314 g/mol. The Labute approximate surface area is 124 Å². The quantitative estimate of drug-likeness (QED) is 0.608. The molecule has 2 nitrogen and oxygen atoms in total. The normalized spacial score (nSPS) is 10.3. The minimum atomic E-state index is -2.58. The molecular weight excluding hydrogens is 303 g/mol. The molecule has 0 spiro atoms. The van der Waals surface area contributed by atoms with Gasteiger partial charge in [0.05, 0.1) is 0 Å². The van der Waals surface area contributed by atoms with Crippen LogP contribution in [0.1, 0.15) is 6.92 Å². The van der Waals surface area contributed by atoms with Gasteiger partial charge in [0.1, 0.15) is 11.5 Å². The Kier molecular flexibility index (Phi) is 5.10. The van der Waals surface area contributed by atoms with Gasteiger partial charge in [0, 0.05) is 0 Å². The van der Waals surface area contributed by atoms with Crippen molar-refractivity contribution >= 4 is 14.8 Å². The number of hydrogen-bond donors (Lipinski definition) is 0. The van der Waals surface area contributed by atoms with Gasteiger partial charge in [-0.1, -0.05) is 19.1 Å². The third-order valence-electron chi connectivity index (χ3n) is 2.68. The first-order valence-electron chi connectivity index (χ1n) is 6.24. The predicted molar refractivity (Wildman–Crippen MR) is 70.2 cm³/mol. The van der Waals surface area contributed by atoms with Crippen LogP contribution < -0.4 is 7.58 Å². The summed E-state index contributed by atoms with van der Waals surface area (Å²) in [5.74, 6) is -4.96. The zero-order chi connectivity index (χ0) is 15.4. The molecule has 0 saturated heterocycles. The van der Waals surface area contributed by atoms with Crippen LogP contribution >= 0.6 is 0 Å². The summed E-state index contributed by atoms with van der Waals surface area (Å²) >= 11 is -2.58. The van der Waals surface area contributed by atoms with Crippen LogP contribution in [-0.4, -0.2) is 14.8 Å². The van der Waals surface area contributed by atoms with Crippen molar-refractivity contribution in [1.82, 2.24) is 0 Å². The molecule has 0 bridgehead atoms. The lowest BCUT2D eigenvalue weighted by Crippen LogP contribution is -2.29. The van der Waals surface area contributed by atoms with Crippen LogP contribution in [0.15, 0.2) is 36.4 Å². The topological polar surface area (TPSA) is 18.5 Å². The maximum Gasteiger partial charge on any atom is 0.856 e. The molecule has 0 saturated carbocycles.